The Hall–Kier alpha value is -1.75. The van der Waals surface area contributed by atoms with Crippen LogP contribution in [0.4, 0.5) is 5.69 Å². The summed E-state index contributed by atoms with van der Waals surface area (Å²) in [4.78, 5) is 13.6. The smallest absolute Gasteiger partial charge is 0.222 e. The number of amides is 1. The lowest BCUT2D eigenvalue weighted by Crippen LogP contribution is -2.33. The normalized spacial score (nSPS) is 10.3. The highest BCUT2D eigenvalue weighted by Gasteiger charge is 2.11. The maximum absolute atomic E-state index is 11.9. The summed E-state index contributed by atoms with van der Waals surface area (Å²) in [6, 6.07) is 5.54. The molecule has 1 aromatic rings. The molecule has 0 heterocycles. The van der Waals surface area contributed by atoms with Crippen LogP contribution in [-0.4, -0.2) is 42.7 Å². The number of hydrogen-bond acceptors (Lipinski definition) is 4. The number of aryl methyl sites for hydroxylation is 1. The Bertz CT molecular complexity index is 421. The Morgan fingerprint density at radius 1 is 1.47 bits per heavy atom. The van der Waals surface area contributed by atoms with E-state index < -0.39 is 0 Å². The number of likely N-dealkylation sites (N-methyl/N-ethyl adjacent to an activating group) is 1. The summed E-state index contributed by atoms with van der Waals surface area (Å²) in [6.07, 6.45) is 1.05. The number of nitrogen functional groups attached to an aromatic ring is 1. The molecule has 1 rings (SSSR count). The molecule has 0 atom stereocenters. The van der Waals surface area contributed by atoms with Crippen molar-refractivity contribution in [1.82, 2.24) is 4.90 Å². The fourth-order valence-corrected chi connectivity index (χ4v) is 1.93. The molecule has 5 nitrogen and oxygen atoms in total. The predicted molar refractivity (Wildman–Crippen MR) is 75.1 cm³/mol. The summed E-state index contributed by atoms with van der Waals surface area (Å²) >= 11 is 0. The van der Waals surface area contributed by atoms with Crippen molar-refractivity contribution >= 4 is 11.6 Å². The SMILES string of the molecule is CCN(CCO)C(=O)CCc1ccc(OC)c(N)c1. The second-order valence-electron chi connectivity index (χ2n) is 4.27. The van der Waals surface area contributed by atoms with Gasteiger partial charge in [0.15, 0.2) is 0 Å². The Balaban J connectivity index is 2.56. The highest BCUT2D eigenvalue weighted by molar-refractivity contribution is 5.76. The molecule has 0 spiro atoms. The third-order valence-corrected chi connectivity index (χ3v) is 3.03. The fraction of sp³-hybridized carbons (Fsp3) is 0.500. The lowest BCUT2D eigenvalue weighted by Gasteiger charge is -2.19. The van der Waals surface area contributed by atoms with E-state index in [1.165, 1.54) is 0 Å². The zero-order chi connectivity index (χ0) is 14.3. The molecule has 0 fully saturated rings. The minimum Gasteiger partial charge on any atom is -0.495 e. The molecule has 0 unspecified atom stereocenters. The van der Waals surface area contributed by atoms with E-state index >= 15 is 0 Å². The van der Waals surface area contributed by atoms with Gasteiger partial charge in [0.1, 0.15) is 5.75 Å². The van der Waals surface area contributed by atoms with E-state index in [2.05, 4.69) is 0 Å². The number of carbonyl (C=O) groups is 1. The molecule has 0 aromatic heterocycles. The molecule has 1 aromatic carbocycles. The van der Waals surface area contributed by atoms with Crippen molar-refractivity contribution in [2.45, 2.75) is 19.8 Å². The molecule has 1 amide bonds. The number of nitrogens with zero attached hydrogens (tertiary/aromatic N) is 1. The van der Waals surface area contributed by atoms with Gasteiger partial charge in [0.25, 0.3) is 0 Å². The Morgan fingerprint density at radius 2 is 2.21 bits per heavy atom. The van der Waals surface area contributed by atoms with E-state index in [0.717, 1.165) is 5.56 Å². The van der Waals surface area contributed by atoms with Crippen molar-refractivity contribution in [3.8, 4) is 5.75 Å². The number of anilines is 1. The first-order valence-electron chi connectivity index (χ1n) is 6.43. The summed E-state index contributed by atoms with van der Waals surface area (Å²) in [6.45, 7) is 2.90. The minimum atomic E-state index is -0.00490. The number of hydrogen-bond donors (Lipinski definition) is 2. The molecule has 0 saturated carbocycles. The van der Waals surface area contributed by atoms with Crippen LogP contribution in [0.2, 0.25) is 0 Å². The minimum absolute atomic E-state index is 0.00490. The van der Waals surface area contributed by atoms with E-state index in [4.69, 9.17) is 15.6 Å². The number of rotatable bonds is 7. The Kier molecular flexibility index (Phi) is 6.15. The topological polar surface area (TPSA) is 75.8 Å². The van der Waals surface area contributed by atoms with E-state index in [1.54, 1.807) is 18.1 Å². The lowest BCUT2D eigenvalue weighted by molar-refractivity contribution is -0.131. The lowest BCUT2D eigenvalue weighted by atomic mass is 10.1. The first kappa shape index (κ1) is 15.3. The predicted octanol–water partition coefficient (Wildman–Crippen LogP) is 1.05. The maximum Gasteiger partial charge on any atom is 0.222 e. The Labute approximate surface area is 114 Å². The summed E-state index contributed by atoms with van der Waals surface area (Å²) in [5, 5.41) is 8.87. The van der Waals surface area contributed by atoms with E-state index in [1.807, 2.05) is 19.1 Å². The number of nitrogens with two attached hydrogens (primary N) is 1. The molecule has 0 radical (unpaired) electrons. The van der Waals surface area contributed by atoms with Crippen LogP contribution < -0.4 is 10.5 Å². The first-order chi connectivity index (χ1) is 9.12. The summed E-state index contributed by atoms with van der Waals surface area (Å²) < 4.78 is 5.09. The molecule has 106 valence electrons. The number of aliphatic hydroxyl groups is 1. The standard InChI is InChI=1S/C14H22N2O3/c1-3-16(8-9-17)14(18)7-5-11-4-6-13(19-2)12(15)10-11/h4,6,10,17H,3,5,7-9,15H2,1-2H3. The van der Waals surface area contributed by atoms with Crippen LogP contribution in [0.15, 0.2) is 18.2 Å². The van der Waals surface area contributed by atoms with Crippen LogP contribution in [0.5, 0.6) is 5.75 Å². The van der Waals surface area contributed by atoms with Crippen LogP contribution in [0.25, 0.3) is 0 Å². The van der Waals surface area contributed by atoms with E-state index in [0.29, 0.717) is 37.4 Å². The van der Waals surface area contributed by atoms with Gasteiger partial charge in [-0.25, -0.2) is 0 Å². The molecule has 0 bridgehead atoms. The average molecular weight is 266 g/mol. The number of ether oxygens (including phenoxy) is 1. The molecule has 0 saturated heterocycles. The second kappa shape index (κ2) is 7.63. The monoisotopic (exact) mass is 266 g/mol. The summed E-state index contributed by atoms with van der Waals surface area (Å²) in [5.74, 6) is 0.691. The van der Waals surface area contributed by atoms with Crippen molar-refractivity contribution in [2.75, 3.05) is 32.5 Å². The first-order valence-corrected chi connectivity index (χ1v) is 6.43. The van der Waals surface area contributed by atoms with E-state index in [9.17, 15) is 4.79 Å². The molecule has 19 heavy (non-hydrogen) atoms. The molecule has 3 N–H and O–H groups in total. The van der Waals surface area contributed by atoms with Gasteiger partial charge >= 0.3 is 0 Å². The largest absolute Gasteiger partial charge is 0.495 e. The molecule has 0 aliphatic carbocycles. The number of methoxy groups -OCH3 is 1. The van der Waals surface area contributed by atoms with Crippen molar-refractivity contribution < 1.29 is 14.6 Å². The number of aliphatic hydroxyl groups excluding tert-OH is 1. The van der Waals surface area contributed by atoms with Crippen molar-refractivity contribution in [3.63, 3.8) is 0 Å². The van der Waals surface area contributed by atoms with Crippen LogP contribution in [0.3, 0.4) is 0 Å². The molecule has 0 aliphatic rings. The van der Waals surface area contributed by atoms with Gasteiger partial charge in [-0.3, -0.25) is 4.79 Å². The quantitative estimate of drug-likeness (QED) is 0.723. The van der Waals surface area contributed by atoms with Crippen LogP contribution in [-0.2, 0) is 11.2 Å². The van der Waals surface area contributed by atoms with Gasteiger partial charge < -0.3 is 20.5 Å². The van der Waals surface area contributed by atoms with Crippen molar-refractivity contribution in [3.05, 3.63) is 23.8 Å². The average Bonchev–Trinajstić information content (AvgIpc) is 2.42. The van der Waals surface area contributed by atoms with Gasteiger partial charge in [-0.1, -0.05) is 6.07 Å². The maximum atomic E-state index is 11.9. The molecular formula is C14H22N2O3. The zero-order valence-corrected chi connectivity index (χ0v) is 11.6. The van der Waals surface area contributed by atoms with Crippen molar-refractivity contribution in [2.24, 2.45) is 0 Å². The fourth-order valence-electron chi connectivity index (χ4n) is 1.93. The van der Waals surface area contributed by atoms with Crippen molar-refractivity contribution in [1.29, 1.82) is 0 Å². The molecular weight excluding hydrogens is 244 g/mol. The van der Waals surface area contributed by atoms with E-state index in [-0.39, 0.29) is 12.5 Å². The van der Waals surface area contributed by atoms with Crippen LogP contribution in [0.1, 0.15) is 18.9 Å². The highest BCUT2D eigenvalue weighted by atomic mass is 16.5. The highest BCUT2D eigenvalue weighted by Crippen LogP contribution is 2.22. The molecule has 5 heteroatoms. The van der Waals surface area contributed by atoms with Gasteiger partial charge in [-0.05, 0) is 31.0 Å². The summed E-state index contributed by atoms with van der Waals surface area (Å²) in [5.41, 5.74) is 7.40. The zero-order valence-electron chi connectivity index (χ0n) is 11.6. The van der Waals surface area contributed by atoms with Gasteiger partial charge in [0.2, 0.25) is 5.91 Å². The Morgan fingerprint density at radius 3 is 2.74 bits per heavy atom. The third kappa shape index (κ3) is 4.44. The van der Waals surface area contributed by atoms with Gasteiger partial charge in [-0.15, -0.1) is 0 Å². The summed E-state index contributed by atoms with van der Waals surface area (Å²) in [7, 11) is 1.57. The van der Waals surface area contributed by atoms with Gasteiger partial charge in [0.05, 0.1) is 19.4 Å². The third-order valence-electron chi connectivity index (χ3n) is 3.03. The van der Waals surface area contributed by atoms with Gasteiger partial charge in [-0.2, -0.15) is 0 Å². The second-order valence-corrected chi connectivity index (χ2v) is 4.27. The van der Waals surface area contributed by atoms with Gasteiger partial charge in [0, 0.05) is 19.5 Å². The number of benzene rings is 1. The van der Waals surface area contributed by atoms with Crippen LogP contribution >= 0.6 is 0 Å². The number of carbonyl (C=O) groups excluding carboxylic acids is 1. The molecule has 0 aliphatic heterocycles. The van der Waals surface area contributed by atoms with Crippen LogP contribution in [0, 0.1) is 0 Å².